The first-order chi connectivity index (χ1) is 13.4. The van der Waals surface area contributed by atoms with Crippen LogP contribution in [-0.2, 0) is 15.6 Å². The molecule has 3 aromatic rings. The van der Waals surface area contributed by atoms with Crippen LogP contribution < -0.4 is 10.2 Å². The van der Waals surface area contributed by atoms with Crippen molar-refractivity contribution < 1.29 is 9.53 Å². The average molecular weight is 398 g/mol. The van der Waals surface area contributed by atoms with Gasteiger partial charge >= 0.3 is 5.97 Å². The Bertz CT molecular complexity index is 1070. The summed E-state index contributed by atoms with van der Waals surface area (Å²) in [5, 5.41) is 29.7. The number of aryl methyl sites for hydroxylation is 1. The highest BCUT2D eigenvalue weighted by Gasteiger charge is 2.26. The molecule has 29 heavy (non-hydrogen) atoms. The maximum Gasteiger partial charge on any atom is 0.339 e. The number of nitrogens with zero attached hydrogens (tertiary/aromatic N) is 8. The summed E-state index contributed by atoms with van der Waals surface area (Å²) in [6.07, 6.45) is 0. The highest BCUT2D eigenvalue weighted by atomic mass is 16.5. The van der Waals surface area contributed by atoms with Gasteiger partial charge < -0.3 is 24.6 Å². The summed E-state index contributed by atoms with van der Waals surface area (Å²) in [6, 6.07) is 0. The van der Waals surface area contributed by atoms with Gasteiger partial charge in [0.15, 0.2) is 0 Å². The van der Waals surface area contributed by atoms with Crippen LogP contribution in [-0.4, -0.2) is 32.4 Å². The zero-order valence-electron chi connectivity index (χ0n) is 18.1. The number of carbonyl (C=O) groups is 1. The number of azo groups is 1. The predicted octanol–water partition coefficient (Wildman–Crippen LogP) is 3.53. The Morgan fingerprint density at radius 3 is 2.28 bits per heavy atom. The van der Waals surface area contributed by atoms with Crippen LogP contribution in [0.2, 0.25) is 0 Å². The molecular formula is C19H26N8O2-2. The minimum absolute atomic E-state index is 0.115. The zero-order valence-corrected chi connectivity index (χ0v) is 18.1. The molecular weight excluding hydrogens is 372 g/mol. The first-order valence-corrected chi connectivity index (χ1v) is 9.47. The highest BCUT2D eigenvalue weighted by molar-refractivity contribution is 5.95. The summed E-state index contributed by atoms with van der Waals surface area (Å²) < 4.78 is 6.83. The number of fused-ring (bicyclic) bond motifs is 1. The third kappa shape index (κ3) is 3.79. The lowest BCUT2D eigenvalue weighted by molar-refractivity contribution is 0.0524. The Kier molecular flexibility index (Phi) is 5.06. The van der Waals surface area contributed by atoms with E-state index >= 15 is 0 Å². The number of esters is 1. The van der Waals surface area contributed by atoms with Crippen molar-refractivity contribution in [1.82, 2.24) is 30.0 Å². The lowest BCUT2D eigenvalue weighted by Crippen LogP contribution is -2.17. The van der Waals surface area contributed by atoms with Gasteiger partial charge in [-0.1, -0.05) is 41.5 Å². The number of carbonyl (C=O) groups excluding carboxylic acids is 1. The summed E-state index contributed by atoms with van der Waals surface area (Å²) in [7, 11) is 0. The summed E-state index contributed by atoms with van der Waals surface area (Å²) in [4.78, 5) is 12.6. The molecule has 0 aromatic carbocycles. The van der Waals surface area contributed by atoms with Crippen LogP contribution in [0.4, 0.5) is 11.5 Å². The van der Waals surface area contributed by atoms with E-state index in [-0.39, 0.29) is 23.4 Å². The second-order valence-corrected chi connectivity index (χ2v) is 8.85. The van der Waals surface area contributed by atoms with Crippen molar-refractivity contribution in [3.05, 3.63) is 22.8 Å². The van der Waals surface area contributed by atoms with Crippen LogP contribution >= 0.6 is 0 Å². The van der Waals surface area contributed by atoms with Gasteiger partial charge in [0.05, 0.1) is 29.2 Å². The summed E-state index contributed by atoms with van der Waals surface area (Å²) in [5.41, 5.74) is 1.78. The first-order valence-electron chi connectivity index (χ1n) is 9.47. The Morgan fingerprint density at radius 2 is 1.69 bits per heavy atom. The van der Waals surface area contributed by atoms with Crippen molar-refractivity contribution in [2.24, 2.45) is 10.2 Å². The molecule has 0 saturated heterocycles. The van der Waals surface area contributed by atoms with Gasteiger partial charge in [0.25, 0.3) is 0 Å². The third-order valence-corrected chi connectivity index (χ3v) is 4.28. The Labute approximate surface area is 169 Å². The van der Waals surface area contributed by atoms with Gasteiger partial charge in [-0.15, -0.1) is 0 Å². The first kappa shape index (κ1) is 20.7. The Hall–Kier alpha value is -3.04. The Balaban J connectivity index is 2.14. The van der Waals surface area contributed by atoms with E-state index in [9.17, 15) is 4.79 Å². The molecule has 0 spiro atoms. The van der Waals surface area contributed by atoms with Crippen LogP contribution in [0.5, 0.6) is 0 Å². The summed E-state index contributed by atoms with van der Waals surface area (Å²) in [6.45, 7) is 15.7. The molecule has 0 fully saturated rings. The summed E-state index contributed by atoms with van der Waals surface area (Å²) >= 11 is 0. The maximum atomic E-state index is 12.6. The van der Waals surface area contributed by atoms with Crippen molar-refractivity contribution in [2.75, 3.05) is 6.61 Å². The molecule has 0 bridgehead atoms. The molecule has 3 heterocycles. The maximum absolute atomic E-state index is 12.6. The van der Waals surface area contributed by atoms with Crippen molar-refractivity contribution in [1.29, 1.82) is 0 Å². The molecule has 0 radical (unpaired) electrons. The number of ether oxygens (including phenoxy) is 1. The van der Waals surface area contributed by atoms with E-state index in [4.69, 9.17) is 4.74 Å². The second-order valence-electron chi connectivity index (χ2n) is 8.85. The van der Waals surface area contributed by atoms with Gasteiger partial charge in [-0.05, 0) is 19.7 Å². The molecule has 0 amide bonds. The third-order valence-electron chi connectivity index (χ3n) is 4.28. The van der Waals surface area contributed by atoms with Crippen LogP contribution in [0.1, 0.15) is 76.0 Å². The minimum atomic E-state index is -0.517. The van der Waals surface area contributed by atoms with E-state index in [1.54, 1.807) is 11.4 Å². The quantitative estimate of drug-likeness (QED) is 0.486. The molecule has 10 nitrogen and oxygen atoms in total. The van der Waals surface area contributed by atoms with E-state index in [1.165, 1.54) is 0 Å². The van der Waals surface area contributed by atoms with Gasteiger partial charge in [-0.2, -0.15) is 0 Å². The standard InChI is InChI=1S/C19H27N8O2/c1-9-29-17(28)11-13(18(3,4)5)22-24-15(11)23-21-12-14(19(6,7)8)26-27-10(2)20-25-16(12)27/h9H2,1-8H3,(H-,21,22,23,24,25,26,28)/q-1/p-1. The fourth-order valence-corrected chi connectivity index (χ4v) is 2.86. The monoisotopic (exact) mass is 398 g/mol. The summed E-state index contributed by atoms with van der Waals surface area (Å²) in [5.74, 6) is 0.252. The molecule has 0 saturated carbocycles. The normalized spacial score (nSPS) is 13.0. The van der Waals surface area contributed by atoms with Gasteiger partial charge in [0.2, 0.25) is 0 Å². The van der Waals surface area contributed by atoms with Gasteiger partial charge in [-0.3, -0.25) is 20.4 Å². The van der Waals surface area contributed by atoms with Gasteiger partial charge in [0, 0.05) is 22.3 Å². The number of rotatable bonds is 4. The topological polar surface area (TPSA) is 122 Å². The van der Waals surface area contributed by atoms with Gasteiger partial charge in [-0.25, -0.2) is 4.79 Å². The predicted molar refractivity (Wildman–Crippen MR) is 106 cm³/mol. The smallest absolute Gasteiger partial charge is 0.339 e. The van der Waals surface area contributed by atoms with Gasteiger partial charge in [0.1, 0.15) is 0 Å². The van der Waals surface area contributed by atoms with Crippen LogP contribution in [0, 0.1) is 6.92 Å². The average Bonchev–Trinajstić information content (AvgIpc) is 3.27. The zero-order chi connectivity index (χ0) is 21.6. The molecule has 3 aromatic heterocycles. The molecule has 10 heteroatoms. The van der Waals surface area contributed by atoms with E-state index in [2.05, 4.69) is 35.7 Å². The molecule has 0 aliphatic heterocycles. The van der Waals surface area contributed by atoms with E-state index in [0.717, 1.165) is 5.69 Å². The van der Waals surface area contributed by atoms with Crippen molar-refractivity contribution in [3.8, 4) is 0 Å². The van der Waals surface area contributed by atoms with Crippen LogP contribution in [0.15, 0.2) is 10.2 Å². The fraction of sp³-hybridized carbons (Fsp3) is 0.579. The van der Waals surface area contributed by atoms with E-state index in [1.807, 2.05) is 48.5 Å². The largest absolute Gasteiger partial charge is 0.462 e. The molecule has 0 unspecified atom stereocenters. The molecule has 0 N–H and O–H groups in total. The lowest BCUT2D eigenvalue weighted by Gasteiger charge is -2.19. The van der Waals surface area contributed by atoms with E-state index in [0.29, 0.717) is 22.9 Å². The minimum Gasteiger partial charge on any atom is -0.462 e. The Morgan fingerprint density at radius 1 is 1.03 bits per heavy atom. The number of hydrogen-bond acceptors (Lipinski definition) is 7. The van der Waals surface area contributed by atoms with Crippen molar-refractivity contribution in [3.63, 3.8) is 0 Å². The molecule has 0 atom stereocenters. The highest BCUT2D eigenvalue weighted by Crippen LogP contribution is 2.36. The molecule has 156 valence electrons. The van der Waals surface area contributed by atoms with Crippen molar-refractivity contribution >= 4 is 23.1 Å². The van der Waals surface area contributed by atoms with Crippen molar-refractivity contribution in [2.45, 2.75) is 66.2 Å². The SMILES string of the molecule is CCOC(=O)c1c(C(C)(C)C)n[n-]c1N=Nc1c(C(C)(C)C)nn2c(C)n[n-]c12. The second kappa shape index (κ2) is 7.09. The van der Waals surface area contributed by atoms with Crippen LogP contribution in [0.25, 0.3) is 5.65 Å². The number of aromatic nitrogens is 6. The van der Waals surface area contributed by atoms with Crippen LogP contribution in [0.3, 0.4) is 0 Å². The molecule has 0 aliphatic carbocycles. The lowest BCUT2D eigenvalue weighted by atomic mass is 9.89. The van der Waals surface area contributed by atoms with E-state index < -0.39 is 11.4 Å². The fourth-order valence-electron chi connectivity index (χ4n) is 2.86. The number of hydrogen-bond donors (Lipinski definition) is 0. The molecule has 0 aliphatic rings. The molecule has 3 rings (SSSR count).